The molecule has 0 saturated carbocycles. The highest BCUT2D eigenvalue weighted by Crippen LogP contribution is 2.39. The summed E-state index contributed by atoms with van der Waals surface area (Å²) in [5, 5.41) is 9.03. The number of likely N-dealkylation sites (tertiary alicyclic amines) is 2. The molecular formula is C28H36F3N3O3. The minimum atomic E-state index is -4.41. The second kappa shape index (κ2) is 11.0. The van der Waals surface area contributed by atoms with Crippen molar-refractivity contribution in [3.05, 3.63) is 64.2 Å². The number of halogens is 3. The molecule has 1 N–H and O–H groups in total. The molecule has 1 amide bonds. The number of fused-ring (bicyclic) bond motifs is 2. The number of amides is 1. The van der Waals surface area contributed by atoms with Crippen molar-refractivity contribution < 1.29 is 27.8 Å². The molecule has 2 fully saturated rings. The fourth-order valence-electron chi connectivity index (χ4n) is 5.59. The summed E-state index contributed by atoms with van der Waals surface area (Å²) in [5.41, 5.74) is 3.08. The first-order valence-electron chi connectivity index (χ1n) is 12.8. The third kappa shape index (κ3) is 5.78. The van der Waals surface area contributed by atoms with Crippen LogP contribution in [-0.2, 0) is 6.18 Å². The second-order valence-corrected chi connectivity index (χ2v) is 10.2. The van der Waals surface area contributed by atoms with Crippen LogP contribution in [0.4, 0.5) is 13.2 Å². The van der Waals surface area contributed by atoms with E-state index in [-0.39, 0.29) is 30.6 Å². The maximum absolute atomic E-state index is 13.0. The van der Waals surface area contributed by atoms with Gasteiger partial charge in [0.2, 0.25) is 0 Å². The van der Waals surface area contributed by atoms with Gasteiger partial charge in [0.05, 0.1) is 12.2 Å². The van der Waals surface area contributed by atoms with Gasteiger partial charge in [0, 0.05) is 49.9 Å². The Kier molecular flexibility index (Phi) is 8.16. The molecule has 3 atom stereocenters. The summed E-state index contributed by atoms with van der Waals surface area (Å²) in [4.78, 5) is 19.3. The van der Waals surface area contributed by atoms with Crippen LogP contribution in [0.25, 0.3) is 0 Å². The van der Waals surface area contributed by atoms with Crippen molar-refractivity contribution in [1.82, 2.24) is 14.7 Å². The number of hydrogen-bond donors (Lipinski definition) is 1. The number of aliphatic hydroxyl groups excluding tert-OH is 1. The number of carbonyl (C=O) groups is 1. The van der Waals surface area contributed by atoms with Gasteiger partial charge in [-0.3, -0.25) is 9.69 Å². The monoisotopic (exact) mass is 519 g/mol. The van der Waals surface area contributed by atoms with Gasteiger partial charge in [0.25, 0.3) is 5.91 Å². The molecule has 6 nitrogen and oxygen atoms in total. The van der Waals surface area contributed by atoms with Crippen LogP contribution in [0.5, 0.6) is 5.75 Å². The van der Waals surface area contributed by atoms with E-state index in [0.717, 1.165) is 43.0 Å². The second-order valence-electron chi connectivity index (χ2n) is 10.2. The van der Waals surface area contributed by atoms with Crippen molar-refractivity contribution in [3.63, 3.8) is 0 Å². The van der Waals surface area contributed by atoms with Crippen LogP contribution in [0.3, 0.4) is 0 Å². The largest absolute Gasteiger partial charge is 0.492 e. The van der Waals surface area contributed by atoms with Gasteiger partial charge in [0.1, 0.15) is 12.4 Å². The number of rotatable bonds is 9. The van der Waals surface area contributed by atoms with Gasteiger partial charge < -0.3 is 19.6 Å². The Morgan fingerprint density at radius 1 is 1.08 bits per heavy atom. The molecule has 37 heavy (non-hydrogen) atoms. The highest BCUT2D eigenvalue weighted by molar-refractivity contribution is 5.94. The molecule has 2 aliphatic heterocycles. The minimum absolute atomic E-state index is 0.0576. The molecule has 4 rings (SSSR count). The standard InChI is InChI=1S/C28H36F3N3O3/c1-18-19(2)26(37-14-12-32(4)11-13-35)10-9-25(18)20(3)33-16-24-15-23(33)17-34(24)27(36)21-5-7-22(8-6-21)28(29,30)31/h5-10,20,23-24,35H,11-17H2,1-4H3/t20-,23+,24+/m0/s1. The van der Waals surface area contributed by atoms with Gasteiger partial charge in [0.15, 0.2) is 0 Å². The molecule has 0 aromatic heterocycles. The van der Waals surface area contributed by atoms with Gasteiger partial charge in [-0.15, -0.1) is 0 Å². The lowest BCUT2D eigenvalue weighted by atomic mass is 9.96. The van der Waals surface area contributed by atoms with Crippen molar-refractivity contribution in [1.29, 1.82) is 0 Å². The average molecular weight is 520 g/mol. The molecule has 2 aromatic carbocycles. The Balaban J connectivity index is 1.38. The molecule has 0 spiro atoms. The van der Waals surface area contributed by atoms with Crippen LogP contribution in [0, 0.1) is 13.8 Å². The van der Waals surface area contributed by atoms with Crippen LogP contribution in [0.1, 0.15) is 52.0 Å². The van der Waals surface area contributed by atoms with Gasteiger partial charge in [-0.05, 0) is 81.3 Å². The number of aliphatic hydroxyl groups is 1. The first-order valence-corrected chi connectivity index (χ1v) is 12.8. The third-order valence-corrected chi connectivity index (χ3v) is 7.94. The molecular weight excluding hydrogens is 483 g/mol. The molecule has 0 radical (unpaired) electrons. The molecule has 0 unspecified atom stereocenters. The zero-order chi connectivity index (χ0) is 26.9. The van der Waals surface area contributed by atoms with E-state index in [2.05, 4.69) is 31.7 Å². The summed E-state index contributed by atoms with van der Waals surface area (Å²) in [6, 6.07) is 9.09. The SMILES string of the molecule is Cc1c(OCCN(C)CCO)ccc([C@H](C)N2C[C@H]3C[C@@H]2CN3C(=O)c2ccc(C(F)(F)F)cc2)c1C. The van der Waals surface area contributed by atoms with E-state index in [9.17, 15) is 18.0 Å². The number of likely N-dealkylation sites (N-methyl/N-ethyl adjacent to an activating group) is 1. The minimum Gasteiger partial charge on any atom is -0.492 e. The molecule has 0 aliphatic carbocycles. The quantitative estimate of drug-likeness (QED) is 0.536. The Morgan fingerprint density at radius 3 is 2.38 bits per heavy atom. The number of hydrogen-bond acceptors (Lipinski definition) is 5. The summed E-state index contributed by atoms with van der Waals surface area (Å²) < 4.78 is 44.6. The lowest BCUT2D eigenvalue weighted by molar-refractivity contribution is -0.137. The van der Waals surface area contributed by atoms with Crippen molar-refractivity contribution in [2.75, 3.05) is 46.4 Å². The van der Waals surface area contributed by atoms with Crippen molar-refractivity contribution in [3.8, 4) is 5.75 Å². The van der Waals surface area contributed by atoms with Gasteiger partial charge >= 0.3 is 6.18 Å². The van der Waals surface area contributed by atoms with E-state index < -0.39 is 11.7 Å². The zero-order valence-corrected chi connectivity index (χ0v) is 21.9. The van der Waals surface area contributed by atoms with Crippen LogP contribution in [0.15, 0.2) is 36.4 Å². The van der Waals surface area contributed by atoms with E-state index in [1.807, 2.05) is 22.9 Å². The molecule has 202 valence electrons. The molecule has 9 heteroatoms. The van der Waals surface area contributed by atoms with E-state index in [1.165, 1.54) is 23.3 Å². The van der Waals surface area contributed by atoms with Crippen LogP contribution >= 0.6 is 0 Å². The van der Waals surface area contributed by atoms with E-state index in [0.29, 0.717) is 25.3 Å². The van der Waals surface area contributed by atoms with Crippen LogP contribution < -0.4 is 4.74 Å². The average Bonchev–Trinajstić information content (AvgIpc) is 3.47. The Bertz CT molecular complexity index is 1110. The maximum Gasteiger partial charge on any atom is 0.416 e. The van der Waals surface area contributed by atoms with Crippen molar-refractivity contribution in [2.45, 2.75) is 51.5 Å². The molecule has 2 aromatic rings. The molecule has 2 aliphatic rings. The number of benzene rings is 2. The molecule has 2 bridgehead atoms. The molecule has 2 saturated heterocycles. The summed E-state index contributed by atoms with van der Waals surface area (Å²) in [6.07, 6.45) is -3.54. The van der Waals surface area contributed by atoms with Crippen LogP contribution in [0.2, 0.25) is 0 Å². The fraction of sp³-hybridized carbons (Fsp3) is 0.536. The summed E-state index contributed by atoms with van der Waals surface area (Å²) in [6.45, 7) is 9.71. The third-order valence-electron chi connectivity index (χ3n) is 7.94. The van der Waals surface area contributed by atoms with Crippen LogP contribution in [-0.4, -0.2) is 84.2 Å². The summed E-state index contributed by atoms with van der Waals surface area (Å²) in [5.74, 6) is 0.661. The Hall–Kier alpha value is -2.62. The predicted molar refractivity (Wildman–Crippen MR) is 136 cm³/mol. The normalized spacial score (nSPS) is 20.6. The molecule has 2 heterocycles. The summed E-state index contributed by atoms with van der Waals surface area (Å²) in [7, 11) is 1.95. The zero-order valence-electron chi connectivity index (χ0n) is 21.9. The van der Waals surface area contributed by atoms with Crippen molar-refractivity contribution >= 4 is 5.91 Å². The number of carbonyl (C=O) groups excluding carboxylic acids is 1. The predicted octanol–water partition coefficient (Wildman–Crippen LogP) is 4.29. The Morgan fingerprint density at radius 2 is 1.78 bits per heavy atom. The smallest absolute Gasteiger partial charge is 0.416 e. The van der Waals surface area contributed by atoms with E-state index in [1.54, 1.807) is 0 Å². The van der Waals surface area contributed by atoms with Gasteiger partial charge in [-0.25, -0.2) is 0 Å². The number of ether oxygens (including phenoxy) is 1. The first kappa shape index (κ1) is 27.4. The first-order chi connectivity index (χ1) is 17.5. The highest BCUT2D eigenvalue weighted by Gasteiger charge is 2.47. The lowest BCUT2D eigenvalue weighted by Gasteiger charge is -2.38. The van der Waals surface area contributed by atoms with E-state index in [4.69, 9.17) is 9.84 Å². The maximum atomic E-state index is 13.0. The van der Waals surface area contributed by atoms with Crippen molar-refractivity contribution in [2.24, 2.45) is 0 Å². The van der Waals surface area contributed by atoms with Gasteiger partial charge in [-0.2, -0.15) is 13.2 Å². The Labute approximate surface area is 216 Å². The van der Waals surface area contributed by atoms with E-state index >= 15 is 0 Å². The van der Waals surface area contributed by atoms with Gasteiger partial charge in [-0.1, -0.05) is 6.07 Å². The summed E-state index contributed by atoms with van der Waals surface area (Å²) >= 11 is 0. The number of nitrogens with zero attached hydrogens (tertiary/aromatic N) is 3. The number of piperazine rings is 1. The lowest BCUT2D eigenvalue weighted by Crippen LogP contribution is -2.49. The fourth-order valence-corrected chi connectivity index (χ4v) is 5.59. The topological polar surface area (TPSA) is 56.3 Å². The highest BCUT2D eigenvalue weighted by atomic mass is 19.4. The number of alkyl halides is 3.